The fraction of sp³-hybridized carbons (Fsp3) is 0.500. The summed E-state index contributed by atoms with van der Waals surface area (Å²) in [5, 5.41) is 3.18. The summed E-state index contributed by atoms with van der Waals surface area (Å²) >= 11 is 5.64. The van der Waals surface area contributed by atoms with Crippen molar-refractivity contribution < 1.29 is 8.78 Å². The summed E-state index contributed by atoms with van der Waals surface area (Å²) in [6, 6.07) is 4.30. The molecule has 1 aliphatic heterocycles. The van der Waals surface area contributed by atoms with Crippen LogP contribution < -0.4 is 5.32 Å². The van der Waals surface area contributed by atoms with Crippen LogP contribution >= 0.6 is 11.6 Å². The molecule has 1 heterocycles. The molecule has 0 bridgehead atoms. The third-order valence-electron chi connectivity index (χ3n) is 2.95. The maximum absolute atomic E-state index is 13.8. The predicted molar refractivity (Wildman–Crippen MR) is 61.0 cm³/mol. The molecule has 16 heavy (non-hydrogen) atoms. The first-order valence-electron chi connectivity index (χ1n) is 5.48. The summed E-state index contributed by atoms with van der Waals surface area (Å²) in [4.78, 5) is 0. The van der Waals surface area contributed by atoms with Crippen molar-refractivity contribution in [1.82, 2.24) is 5.32 Å². The Morgan fingerprint density at radius 2 is 2.31 bits per heavy atom. The van der Waals surface area contributed by atoms with Crippen LogP contribution in [0, 0.1) is 5.82 Å². The predicted octanol–water partition coefficient (Wildman–Crippen LogP) is 3.11. The topological polar surface area (TPSA) is 12.0 Å². The fourth-order valence-electron chi connectivity index (χ4n) is 2.05. The molecular formula is C12H14ClF2N. The van der Waals surface area contributed by atoms with E-state index in [1.165, 1.54) is 12.1 Å². The molecule has 0 aromatic heterocycles. The van der Waals surface area contributed by atoms with Gasteiger partial charge in [0.2, 0.25) is 0 Å². The van der Waals surface area contributed by atoms with E-state index < -0.39 is 12.0 Å². The quantitative estimate of drug-likeness (QED) is 0.863. The zero-order chi connectivity index (χ0) is 11.5. The van der Waals surface area contributed by atoms with Crippen LogP contribution in [0.25, 0.3) is 0 Å². The van der Waals surface area contributed by atoms with Gasteiger partial charge < -0.3 is 5.32 Å². The van der Waals surface area contributed by atoms with Crippen molar-refractivity contribution in [3.63, 3.8) is 0 Å². The minimum Gasteiger partial charge on any atom is -0.311 e. The molecule has 2 atom stereocenters. The van der Waals surface area contributed by atoms with Gasteiger partial charge in [0, 0.05) is 12.5 Å². The first-order chi connectivity index (χ1) is 7.66. The summed E-state index contributed by atoms with van der Waals surface area (Å²) in [6.45, 7) is 0.884. The Kier molecular flexibility index (Phi) is 3.77. The molecule has 0 saturated carbocycles. The lowest BCUT2D eigenvalue weighted by atomic mass is 10.0. The number of rotatable bonds is 3. The number of hydrogen-bond donors (Lipinski definition) is 1. The Morgan fingerprint density at radius 3 is 2.94 bits per heavy atom. The Balaban J connectivity index is 1.99. The SMILES string of the molecule is Fc1ccc(CC(F)C2CCCN2)cc1Cl. The lowest BCUT2D eigenvalue weighted by Gasteiger charge is -2.16. The van der Waals surface area contributed by atoms with Crippen molar-refractivity contribution in [1.29, 1.82) is 0 Å². The molecule has 2 rings (SSSR count). The van der Waals surface area contributed by atoms with E-state index in [1.54, 1.807) is 6.07 Å². The van der Waals surface area contributed by atoms with Gasteiger partial charge >= 0.3 is 0 Å². The molecule has 1 nitrogen and oxygen atoms in total. The van der Waals surface area contributed by atoms with Gasteiger partial charge in [0.1, 0.15) is 12.0 Å². The van der Waals surface area contributed by atoms with E-state index in [0.29, 0.717) is 0 Å². The van der Waals surface area contributed by atoms with Crippen LogP contribution in [0.5, 0.6) is 0 Å². The molecule has 1 aromatic carbocycles. The molecule has 0 aliphatic carbocycles. The molecule has 0 amide bonds. The van der Waals surface area contributed by atoms with Crippen molar-refractivity contribution in [3.8, 4) is 0 Å². The molecule has 1 N–H and O–H groups in total. The van der Waals surface area contributed by atoms with Gasteiger partial charge in [0.25, 0.3) is 0 Å². The lowest BCUT2D eigenvalue weighted by Crippen LogP contribution is -2.33. The standard InChI is InChI=1S/C12H14ClF2N/c13-9-6-8(3-4-10(9)14)7-11(15)12-2-1-5-16-12/h3-4,6,11-12,16H,1-2,5,7H2. The van der Waals surface area contributed by atoms with Crippen LogP contribution in [0.3, 0.4) is 0 Å². The van der Waals surface area contributed by atoms with Gasteiger partial charge in [-0.2, -0.15) is 0 Å². The van der Waals surface area contributed by atoms with Gasteiger partial charge in [-0.1, -0.05) is 17.7 Å². The van der Waals surface area contributed by atoms with Gasteiger partial charge in [-0.3, -0.25) is 0 Å². The number of benzene rings is 1. The second-order valence-electron chi connectivity index (χ2n) is 4.17. The first-order valence-corrected chi connectivity index (χ1v) is 5.86. The largest absolute Gasteiger partial charge is 0.311 e. The molecular weight excluding hydrogens is 232 g/mol. The monoisotopic (exact) mass is 245 g/mol. The Hall–Kier alpha value is -0.670. The van der Waals surface area contributed by atoms with Crippen LogP contribution in [-0.2, 0) is 6.42 Å². The highest BCUT2D eigenvalue weighted by atomic mass is 35.5. The summed E-state index contributed by atoms with van der Waals surface area (Å²) in [5.74, 6) is -0.459. The molecule has 0 radical (unpaired) electrons. The van der Waals surface area contributed by atoms with Crippen molar-refractivity contribution in [2.45, 2.75) is 31.5 Å². The molecule has 1 aliphatic rings. The van der Waals surface area contributed by atoms with Gasteiger partial charge in [-0.15, -0.1) is 0 Å². The number of halogens is 3. The van der Waals surface area contributed by atoms with E-state index >= 15 is 0 Å². The minimum absolute atomic E-state index is 0.0593. The summed E-state index contributed by atoms with van der Waals surface area (Å²) in [7, 11) is 0. The van der Waals surface area contributed by atoms with E-state index in [1.807, 2.05) is 0 Å². The molecule has 1 saturated heterocycles. The first kappa shape index (κ1) is 11.8. The maximum Gasteiger partial charge on any atom is 0.141 e. The zero-order valence-corrected chi connectivity index (χ0v) is 9.61. The summed E-state index contributed by atoms with van der Waals surface area (Å²) in [6.07, 6.45) is 1.26. The fourth-order valence-corrected chi connectivity index (χ4v) is 2.26. The average Bonchev–Trinajstić information content (AvgIpc) is 2.77. The van der Waals surface area contributed by atoms with Crippen LogP contribution in [0.15, 0.2) is 18.2 Å². The summed E-state index contributed by atoms with van der Waals surface area (Å²) in [5.41, 5.74) is 0.743. The highest BCUT2D eigenvalue weighted by Crippen LogP contribution is 2.20. The van der Waals surface area contributed by atoms with E-state index in [0.717, 1.165) is 24.9 Å². The highest BCUT2D eigenvalue weighted by Gasteiger charge is 2.24. The van der Waals surface area contributed by atoms with E-state index in [4.69, 9.17) is 11.6 Å². The van der Waals surface area contributed by atoms with Crippen LogP contribution in [0.4, 0.5) is 8.78 Å². The van der Waals surface area contributed by atoms with Crippen molar-refractivity contribution in [2.24, 2.45) is 0 Å². The number of hydrogen-bond acceptors (Lipinski definition) is 1. The smallest absolute Gasteiger partial charge is 0.141 e. The number of nitrogens with one attached hydrogen (secondary N) is 1. The third kappa shape index (κ3) is 2.71. The zero-order valence-electron chi connectivity index (χ0n) is 8.85. The van der Waals surface area contributed by atoms with Crippen molar-refractivity contribution in [3.05, 3.63) is 34.6 Å². The van der Waals surface area contributed by atoms with Crippen molar-refractivity contribution in [2.75, 3.05) is 6.54 Å². The van der Waals surface area contributed by atoms with Gasteiger partial charge in [0.15, 0.2) is 0 Å². The molecule has 88 valence electrons. The molecule has 4 heteroatoms. The third-order valence-corrected chi connectivity index (χ3v) is 3.24. The average molecular weight is 246 g/mol. The van der Waals surface area contributed by atoms with E-state index in [-0.39, 0.29) is 17.5 Å². The van der Waals surface area contributed by atoms with Gasteiger partial charge in [-0.05, 0) is 37.1 Å². The Morgan fingerprint density at radius 1 is 1.50 bits per heavy atom. The maximum atomic E-state index is 13.8. The minimum atomic E-state index is -0.927. The Bertz CT molecular complexity index is 364. The highest BCUT2D eigenvalue weighted by molar-refractivity contribution is 6.30. The lowest BCUT2D eigenvalue weighted by molar-refractivity contribution is 0.263. The van der Waals surface area contributed by atoms with E-state index in [9.17, 15) is 8.78 Å². The van der Waals surface area contributed by atoms with Crippen LogP contribution in [0.2, 0.25) is 5.02 Å². The second-order valence-corrected chi connectivity index (χ2v) is 4.58. The van der Waals surface area contributed by atoms with E-state index in [2.05, 4.69) is 5.32 Å². The molecule has 1 fully saturated rings. The molecule has 1 aromatic rings. The second kappa shape index (κ2) is 5.11. The normalized spacial score (nSPS) is 22.3. The molecule has 0 spiro atoms. The molecule has 2 unspecified atom stereocenters. The van der Waals surface area contributed by atoms with Crippen molar-refractivity contribution >= 4 is 11.6 Å². The van der Waals surface area contributed by atoms with Gasteiger partial charge in [0.05, 0.1) is 5.02 Å². The summed E-state index contributed by atoms with van der Waals surface area (Å²) < 4.78 is 26.7. The number of alkyl halides is 1. The van der Waals surface area contributed by atoms with Crippen LogP contribution in [-0.4, -0.2) is 18.8 Å². The van der Waals surface area contributed by atoms with Crippen LogP contribution in [0.1, 0.15) is 18.4 Å². The van der Waals surface area contributed by atoms with Gasteiger partial charge in [-0.25, -0.2) is 8.78 Å². The Labute approximate surface area is 98.8 Å².